The van der Waals surface area contributed by atoms with Crippen LogP contribution in [0.15, 0.2) is 139 Å². The Balaban J connectivity index is 2.27. The van der Waals surface area contributed by atoms with Crippen molar-refractivity contribution in [3.8, 4) is 0 Å². The van der Waals surface area contributed by atoms with E-state index in [1.807, 2.05) is 6.92 Å². The summed E-state index contributed by atoms with van der Waals surface area (Å²) in [5.74, 6) is 0.429. The molecular weight excluding hydrogens is 745 g/mol. The lowest BCUT2D eigenvalue weighted by Gasteiger charge is -2.26. The molecule has 0 saturated heterocycles. The van der Waals surface area contributed by atoms with E-state index in [2.05, 4.69) is 137 Å². The molecule has 0 aromatic rings. The lowest BCUT2D eigenvalue weighted by Crippen LogP contribution is -2.26. The standard InChI is InChI=1S/C58H92O3/c1-44(2)23-14-24-45(3)25-15-26-46(4)27-16-28-47(5)29-17-30-48(6)31-18-32-49(7)33-19-34-50(8)35-20-36-51(9)37-21-38-52(10)39-22-40-53(11)41-42-55-54(12)56(59)43-57(61-13)58(55)60/h23,25,27,29,31,33,35,37,39,41,43,56,58-60H,14-22,24,26,28,30,32,34,36,38,40,42H2,1-13H3. The molecule has 0 spiro atoms. The van der Waals surface area contributed by atoms with Crippen LogP contribution >= 0.6 is 0 Å². The van der Waals surface area contributed by atoms with E-state index in [-0.39, 0.29) is 0 Å². The Labute approximate surface area is 377 Å². The van der Waals surface area contributed by atoms with Gasteiger partial charge in [-0.1, -0.05) is 116 Å². The molecule has 1 aliphatic carbocycles. The average Bonchev–Trinajstić information content (AvgIpc) is 3.19. The van der Waals surface area contributed by atoms with Gasteiger partial charge >= 0.3 is 0 Å². The average molecular weight is 837 g/mol. The second-order valence-corrected chi connectivity index (χ2v) is 18.6. The summed E-state index contributed by atoms with van der Waals surface area (Å²) in [5.41, 5.74) is 16.4. The van der Waals surface area contributed by atoms with Crippen molar-refractivity contribution in [2.45, 2.75) is 217 Å². The van der Waals surface area contributed by atoms with Crippen LogP contribution in [0.3, 0.4) is 0 Å². The van der Waals surface area contributed by atoms with E-state index in [1.54, 1.807) is 6.08 Å². The van der Waals surface area contributed by atoms with E-state index >= 15 is 0 Å². The summed E-state index contributed by atoms with van der Waals surface area (Å²) in [7, 11) is 1.53. The molecule has 0 aromatic carbocycles. The quantitative estimate of drug-likeness (QED) is 0.0709. The first-order chi connectivity index (χ1) is 29.0. The predicted octanol–water partition coefficient (Wildman–Crippen LogP) is 17.5. The summed E-state index contributed by atoms with van der Waals surface area (Å²) in [6.07, 6.45) is 45.1. The molecular formula is C58H92O3. The number of aliphatic hydroxyl groups is 2. The summed E-state index contributed by atoms with van der Waals surface area (Å²) in [4.78, 5) is 0. The van der Waals surface area contributed by atoms with Crippen LogP contribution in [-0.2, 0) is 4.74 Å². The van der Waals surface area contributed by atoms with Crippen molar-refractivity contribution in [1.82, 2.24) is 0 Å². The number of rotatable bonds is 30. The molecule has 3 heteroatoms. The van der Waals surface area contributed by atoms with Crippen molar-refractivity contribution in [1.29, 1.82) is 0 Å². The molecule has 0 fully saturated rings. The van der Waals surface area contributed by atoms with Crippen LogP contribution in [-0.4, -0.2) is 29.5 Å². The third kappa shape index (κ3) is 28.0. The Hall–Kier alpha value is -3.40. The smallest absolute Gasteiger partial charge is 0.132 e. The van der Waals surface area contributed by atoms with Gasteiger partial charge < -0.3 is 14.9 Å². The Bertz CT molecular complexity index is 1680. The monoisotopic (exact) mass is 837 g/mol. The summed E-state index contributed by atoms with van der Waals surface area (Å²) in [6.45, 7) is 26.7. The first-order valence-corrected chi connectivity index (χ1v) is 23.9. The van der Waals surface area contributed by atoms with Crippen molar-refractivity contribution < 1.29 is 14.9 Å². The summed E-state index contributed by atoms with van der Waals surface area (Å²) < 4.78 is 5.27. The molecule has 0 radical (unpaired) electrons. The zero-order valence-electron chi connectivity index (χ0n) is 41.7. The summed E-state index contributed by atoms with van der Waals surface area (Å²) in [6, 6.07) is 0. The molecule has 1 aliphatic rings. The largest absolute Gasteiger partial charge is 0.498 e. The van der Waals surface area contributed by atoms with Crippen molar-refractivity contribution in [2.24, 2.45) is 0 Å². The van der Waals surface area contributed by atoms with Crippen molar-refractivity contribution in [2.75, 3.05) is 7.11 Å². The first kappa shape index (κ1) is 55.6. The second-order valence-electron chi connectivity index (χ2n) is 18.6. The normalized spacial score (nSPS) is 18.3. The molecule has 2 unspecified atom stereocenters. The maximum absolute atomic E-state index is 10.6. The maximum Gasteiger partial charge on any atom is 0.132 e. The highest BCUT2D eigenvalue weighted by atomic mass is 16.5. The predicted molar refractivity (Wildman–Crippen MR) is 271 cm³/mol. The number of ether oxygens (including phenoxy) is 1. The second kappa shape index (κ2) is 33.2. The van der Waals surface area contributed by atoms with Crippen LogP contribution in [0.1, 0.15) is 205 Å². The molecule has 0 heterocycles. The molecule has 1 rings (SSSR count). The van der Waals surface area contributed by atoms with Crippen LogP contribution < -0.4 is 0 Å². The molecule has 0 amide bonds. The number of hydrogen-bond acceptors (Lipinski definition) is 3. The van der Waals surface area contributed by atoms with Crippen LogP contribution in [0.2, 0.25) is 0 Å². The van der Waals surface area contributed by atoms with Crippen LogP contribution in [0.5, 0.6) is 0 Å². The van der Waals surface area contributed by atoms with Gasteiger partial charge in [-0.15, -0.1) is 0 Å². The van der Waals surface area contributed by atoms with Gasteiger partial charge in [0.05, 0.1) is 13.2 Å². The van der Waals surface area contributed by atoms with Gasteiger partial charge in [-0.25, -0.2) is 0 Å². The highest BCUT2D eigenvalue weighted by molar-refractivity contribution is 5.36. The van der Waals surface area contributed by atoms with Crippen molar-refractivity contribution in [3.05, 3.63) is 139 Å². The third-order valence-electron chi connectivity index (χ3n) is 12.1. The van der Waals surface area contributed by atoms with E-state index in [0.29, 0.717) is 12.2 Å². The topological polar surface area (TPSA) is 49.7 Å². The Morgan fingerprint density at radius 2 is 0.672 bits per heavy atom. The lowest BCUT2D eigenvalue weighted by atomic mass is 9.89. The van der Waals surface area contributed by atoms with Gasteiger partial charge in [-0.05, 0) is 222 Å². The van der Waals surface area contributed by atoms with Gasteiger partial charge in [-0.2, -0.15) is 0 Å². The summed E-state index contributed by atoms with van der Waals surface area (Å²) >= 11 is 0. The third-order valence-corrected chi connectivity index (χ3v) is 12.1. The first-order valence-electron chi connectivity index (χ1n) is 23.9. The molecule has 2 atom stereocenters. The van der Waals surface area contributed by atoms with Crippen LogP contribution in [0, 0.1) is 0 Å². The number of hydrogen-bond donors (Lipinski definition) is 2. The lowest BCUT2D eigenvalue weighted by molar-refractivity contribution is 0.133. The van der Waals surface area contributed by atoms with Crippen molar-refractivity contribution in [3.63, 3.8) is 0 Å². The molecule has 0 bridgehead atoms. The number of methoxy groups -OCH3 is 1. The summed E-state index contributed by atoms with van der Waals surface area (Å²) in [5, 5.41) is 20.9. The van der Waals surface area contributed by atoms with Gasteiger partial charge in [0.2, 0.25) is 0 Å². The van der Waals surface area contributed by atoms with E-state index in [1.165, 1.54) is 88.5 Å². The minimum Gasteiger partial charge on any atom is -0.498 e. The number of allylic oxidation sites excluding steroid dienone is 20. The molecule has 0 aromatic heterocycles. The van der Waals surface area contributed by atoms with Crippen LogP contribution in [0.4, 0.5) is 0 Å². The highest BCUT2D eigenvalue weighted by Crippen LogP contribution is 2.29. The fourth-order valence-electron chi connectivity index (χ4n) is 7.56. The fourth-order valence-corrected chi connectivity index (χ4v) is 7.56. The van der Waals surface area contributed by atoms with Gasteiger partial charge in [0.25, 0.3) is 0 Å². The molecule has 3 nitrogen and oxygen atoms in total. The van der Waals surface area contributed by atoms with Crippen molar-refractivity contribution >= 4 is 0 Å². The van der Waals surface area contributed by atoms with Crippen LogP contribution in [0.25, 0.3) is 0 Å². The zero-order chi connectivity index (χ0) is 45.6. The zero-order valence-corrected chi connectivity index (χ0v) is 41.7. The SMILES string of the molecule is COC1=CC(O)C(C)=C(CC=C(C)CCC=C(C)CCC=C(C)CCC=C(C)CCC=C(C)CCC=C(C)CCC=C(C)CCC=C(C)CCC=C(C)CCC=C(C)C)C1O. The Kier molecular flexibility index (Phi) is 30.3. The van der Waals surface area contributed by atoms with E-state index < -0.39 is 12.2 Å². The van der Waals surface area contributed by atoms with E-state index in [9.17, 15) is 10.2 Å². The molecule has 342 valence electrons. The minimum absolute atomic E-state index is 0.429. The molecule has 61 heavy (non-hydrogen) atoms. The van der Waals surface area contributed by atoms with Gasteiger partial charge in [0.15, 0.2) is 0 Å². The van der Waals surface area contributed by atoms with Gasteiger partial charge in [0.1, 0.15) is 11.9 Å². The van der Waals surface area contributed by atoms with Gasteiger partial charge in [0, 0.05) is 0 Å². The van der Waals surface area contributed by atoms with Gasteiger partial charge in [-0.3, -0.25) is 0 Å². The van der Waals surface area contributed by atoms with E-state index in [4.69, 9.17) is 4.74 Å². The molecule has 0 saturated carbocycles. The number of aliphatic hydroxyl groups excluding tert-OH is 2. The fraction of sp³-hybridized carbons (Fsp3) is 0.586. The highest BCUT2D eigenvalue weighted by Gasteiger charge is 2.26. The Morgan fingerprint density at radius 1 is 0.426 bits per heavy atom. The molecule has 2 N–H and O–H groups in total. The maximum atomic E-state index is 10.6. The molecule has 0 aliphatic heterocycles. The minimum atomic E-state index is -0.779. The van der Waals surface area contributed by atoms with E-state index in [0.717, 1.165) is 101 Å². The Morgan fingerprint density at radius 3 is 0.918 bits per heavy atom.